The van der Waals surface area contributed by atoms with Gasteiger partial charge in [0.1, 0.15) is 6.10 Å². The predicted octanol–water partition coefficient (Wildman–Crippen LogP) is 6.89. The maximum atomic E-state index is 12.4. The maximum Gasteiger partial charge on any atom is 0.302 e. The lowest BCUT2D eigenvalue weighted by Crippen LogP contribution is -2.67. The minimum atomic E-state index is -0.794. The standard InChI is InChI=1S/C32H53O4/c1-20(2)11-10-15-32(9,35)22-12-17-31(8)27(22)23(36-21(3)33)19-25-29(6)16-14-26(34)28(4,5)24(29)13-18-30(25,31)7/h11,13,22-27,34-35H,10,12,14-19H2,1-9H3/t22?,23?,24?,25?,26-,27?,29?,30?,31?,32?/m0/s1. The SMILES string of the molecule is CC(=O)OC1CC2C3(C)CC[C@H](O)C(C)(C)C3[CH]CC2(C)C2(C)CCC(C(C)(O)CCC=C(C)C)C12. The Hall–Kier alpha value is -0.870. The molecule has 0 aromatic heterocycles. The lowest BCUT2D eigenvalue weighted by Gasteiger charge is -2.70. The van der Waals surface area contributed by atoms with Gasteiger partial charge in [0.2, 0.25) is 0 Å². The zero-order valence-electron chi connectivity index (χ0n) is 24.5. The normalized spacial score (nSPS) is 47.1. The van der Waals surface area contributed by atoms with Crippen LogP contribution >= 0.6 is 0 Å². The molecule has 4 aliphatic rings. The number of rotatable bonds is 5. The number of aliphatic hydroxyl groups is 2. The van der Waals surface area contributed by atoms with Gasteiger partial charge >= 0.3 is 5.97 Å². The Bertz CT molecular complexity index is 885. The summed E-state index contributed by atoms with van der Waals surface area (Å²) in [6.45, 7) is 19.7. The quantitative estimate of drug-likeness (QED) is 0.318. The van der Waals surface area contributed by atoms with Crippen LogP contribution in [0.4, 0.5) is 0 Å². The lowest BCUT2D eigenvalue weighted by atomic mass is 9.35. The van der Waals surface area contributed by atoms with E-state index in [0.717, 1.165) is 51.4 Å². The maximum absolute atomic E-state index is 12.4. The summed E-state index contributed by atoms with van der Waals surface area (Å²) in [6.07, 6.45) is 11.7. The van der Waals surface area contributed by atoms with Crippen molar-refractivity contribution in [3.63, 3.8) is 0 Å². The molecule has 2 N–H and O–H groups in total. The van der Waals surface area contributed by atoms with Gasteiger partial charge in [0, 0.05) is 12.8 Å². The van der Waals surface area contributed by atoms with Crippen LogP contribution < -0.4 is 0 Å². The first kappa shape index (κ1) is 28.1. The molecular weight excluding hydrogens is 448 g/mol. The number of fused-ring (bicyclic) bond motifs is 5. The fourth-order valence-electron chi connectivity index (χ4n) is 10.2. The number of carbonyl (C=O) groups is 1. The van der Waals surface area contributed by atoms with Crippen LogP contribution in [0, 0.1) is 51.8 Å². The lowest BCUT2D eigenvalue weighted by molar-refractivity contribution is -0.237. The zero-order chi connectivity index (χ0) is 26.9. The summed E-state index contributed by atoms with van der Waals surface area (Å²) in [5, 5.41) is 22.8. The van der Waals surface area contributed by atoms with Crippen LogP contribution in [0.1, 0.15) is 114 Å². The van der Waals surface area contributed by atoms with Gasteiger partial charge in [0.25, 0.3) is 0 Å². The first-order valence-electron chi connectivity index (χ1n) is 14.5. The molecule has 0 bridgehead atoms. The molecular formula is C32H53O4. The van der Waals surface area contributed by atoms with E-state index in [2.05, 4.69) is 61.0 Å². The number of hydrogen-bond donors (Lipinski definition) is 2. The van der Waals surface area contributed by atoms with Crippen LogP contribution in [0.5, 0.6) is 0 Å². The Morgan fingerprint density at radius 2 is 1.75 bits per heavy atom. The van der Waals surface area contributed by atoms with E-state index in [1.165, 1.54) is 5.57 Å². The molecule has 4 fully saturated rings. The molecule has 4 aliphatic carbocycles. The van der Waals surface area contributed by atoms with Crippen molar-refractivity contribution in [2.45, 2.75) is 131 Å². The van der Waals surface area contributed by atoms with Crippen LogP contribution in [0.25, 0.3) is 0 Å². The number of esters is 1. The third-order valence-electron chi connectivity index (χ3n) is 12.3. The highest BCUT2D eigenvalue weighted by molar-refractivity contribution is 5.66. The van der Waals surface area contributed by atoms with Gasteiger partial charge in [-0.2, -0.15) is 0 Å². The van der Waals surface area contributed by atoms with Crippen LogP contribution in [0.2, 0.25) is 0 Å². The van der Waals surface area contributed by atoms with Crippen molar-refractivity contribution in [1.82, 2.24) is 0 Å². The highest BCUT2D eigenvalue weighted by Crippen LogP contribution is 2.75. The second kappa shape index (κ2) is 9.11. The second-order valence-corrected chi connectivity index (χ2v) is 14.9. The van der Waals surface area contributed by atoms with Crippen LogP contribution in [0.15, 0.2) is 11.6 Å². The smallest absolute Gasteiger partial charge is 0.302 e. The van der Waals surface area contributed by atoms with E-state index in [-0.39, 0.29) is 51.7 Å². The summed E-state index contributed by atoms with van der Waals surface area (Å²) in [5.74, 6) is 0.816. The molecule has 36 heavy (non-hydrogen) atoms. The minimum absolute atomic E-state index is 0.0219. The molecule has 0 aromatic carbocycles. The first-order valence-corrected chi connectivity index (χ1v) is 14.5. The molecule has 4 nitrogen and oxygen atoms in total. The van der Waals surface area contributed by atoms with Gasteiger partial charge in [-0.15, -0.1) is 0 Å². The van der Waals surface area contributed by atoms with Crippen LogP contribution in [-0.2, 0) is 9.53 Å². The molecule has 0 saturated heterocycles. The van der Waals surface area contributed by atoms with E-state index in [0.29, 0.717) is 11.8 Å². The summed E-state index contributed by atoms with van der Waals surface area (Å²) in [6, 6.07) is 0. The average Bonchev–Trinajstić information content (AvgIpc) is 3.12. The highest BCUT2D eigenvalue weighted by Gasteiger charge is 2.72. The number of aliphatic hydroxyl groups excluding tert-OH is 1. The molecule has 1 radical (unpaired) electrons. The van der Waals surface area contributed by atoms with E-state index in [4.69, 9.17) is 4.74 Å². The minimum Gasteiger partial charge on any atom is -0.462 e. The molecule has 9 unspecified atom stereocenters. The molecule has 0 aliphatic heterocycles. The van der Waals surface area contributed by atoms with Crippen molar-refractivity contribution in [2.75, 3.05) is 0 Å². The van der Waals surface area contributed by atoms with Gasteiger partial charge < -0.3 is 14.9 Å². The third kappa shape index (κ3) is 4.12. The molecule has 4 rings (SSSR count). The van der Waals surface area contributed by atoms with Crippen molar-refractivity contribution in [1.29, 1.82) is 0 Å². The summed E-state index contributed by atoms with van der Waals surface area (Å²) in [7, 11) is 0. The van der Waals surface area contributed by atoms with E-state index in [1.807, 2.05) is 6.92 Å². The zero-order valence-corrected chi connectivity index (χ0v) is 24.5. The molecule has 0 spiro atoms. The average molecular weight is 502 g/mol. The Labute approximate surface area is 220 Å². The Kier molecular flexibility index (Phi) is 7.12. The summed E-state index contributed by atoms with van der Waals surface area (Å²) in [5.41, 5.74) is 0.447. The highest BCUT2D eigenvalue weighted by atomic mass is 16.5. The topological polar surface area (TPSA) is 66.8 Å². The fraction of sp³-hybridized carbons (Fsp3) is 0.875. The van der Waals surface area contributed by atoms with Gasteiger partial charge in [-0.3, -0.25) is 4.79 Å². The monoisotopic (exact) mass is 501 g/mol. The predicted molar refractivity (Wildman–Crippen MR) is 145 cm³/mol. The molecule has 205 valence electrons. The van der Waals surface area contributed by atoms with Gasteiger partial charge in [-0.25, -0.2) is 0 Å². The van der Waals surface area contributed by atoms with Gasteiger partial charge in [-0.05, 0) is 118 Å². The van der Waals surface area contributed by atoms with Crippen molar-refractivity contribution in [3.8, 4) is 0 Å². The Morgan fingerprint density at radius 3 is 2.36 bits per heavy atom. The number of carbonyl (C=O) groups excluding carboxylic acids is 1. The van der Waals surface area contributed by atoms with E-state index >= 15 is 0 Å². The Balaban J connectivity index is 1.74. The largest absolute Gasteiger partial charge is 0.462 e. The van der Waals surface area contributed by atoms with Crippen LogP contribution in [-0.4, -0.2) is 34.0 Å². The molecule has 4 saturated carbocycles. The first-order chi connectivity index (χ1) is 16.5. The summed E-state index contributed by atoms with van der Waals surface area (Å²) < 4.78 is 6.21. The molecule has 10 atom stereocenters. The van der Waals surface area contributed by atoms with E-state index in [9.17, 15) is 15.0 Å². The fourth-order valence-corrected chi connectivity index (χ4v) is 10.2. The van der Waals surface area contributed by atoms with E-state index < -0.39 is 5.60 Å². The molecule has 4 heteroatoms. The Morgan fingerprint density at radius 1 is 1.08 bits per heavy atom. The van der Waals surface area contributed by atoms with Gasteiger partial charge in [-0.1, -0.05) is 46.3 Å². The van der Waals surface area contributed by atoms with Crippen molar-refractivity contribution >= 4 is 5.97 Å². The van der Waals surface area contributed by atoms with E-state index in [1.54, 1.807) is 6.92 Å². The number of hydrogen-bond acceptors (Lipinski definition) is 4. The third-order valence-corrected chi connectivity index (χ3v) is 12.3. The second-order valence-electron chi connectivity index (χ2n) is 14.9. The van der Waals surface area contributed by atoms with Gasteiger partial charge in [0.05, 0.1) is 11.7 Å². The van der Waals surface area contributed by atoms with Crippen molar-refractivity contribution in [3.05, 3.63) is 18.1 Å². The van der Waals surface area contributed by atoms with Crippen LogP contribution in [0.3, 0.4) is 0 Å². The van der Waals surface area contributed by atoms with Crippen molar-refractivity contribution in [2.24, 2.45) is 45.3 Å². The summed E-state index contributed by atoms with van der Waals surface area (Å²) in [4.78, 5) is 12.4. The van der Waals surface area contributed by atoms with Gasteiger partial charge in [0.15, 0.2) is 0 Å². The molecule has 0 heterocycles. The number of allylic oxidation sites excluding steroid dienone is 2. The molecule has 0 aromatic rings. The van der Waals surface area contributed by atoms with Crippen molar-refractivity contribution < 1.29 is 19.7 Å². The molecule has 0 amide bonds. The number of ether oxygens (including phenoxy) is 1. The summed E-state index contributed by atoms with van der Waals surface area (Å²) >= 11 is 0.